The third-order valence-corrected chi connectivity index (χ3v) is 2.81. The van der Waals surface area contributed by atoms with Gasteiger partial charge in [-0.25, -0.2) is 10.4 Å². The molecule has 0 aliphatic rings. The van der Waals surface area contributed by atoms with E-state index in [1.54, 1.807) is 6.07 Å². The van der Waals surface area contributed by atoms with E-state index in [1.165, 1.54) is 6.20 Å². The zero-order chi connectivity index (χ0) is 13.1. The number of nitrogens with zero attached hydrogens (tertiary/aromatic N) is 2. The van der Waals surface area contributed by atoms with Crippen molar-refractivity contribution in [1.82, 2.24) is 15.4 Å². The molecule has 2 rings (SSSR count). The van der Waals surface area contributed by atoms with Crippen molar-refractivity contribution in [2.24, 2.45) is 5.84 Å². The van der Waals surface area contributed by atoms with Crippen LogP contribution < -0.4 is 17.0 Å². The maximum Gasteiger partial charge on any atom is 0.128 e. The van der Waals surface area contributed by atoms with E-state index in [0.29, 0.717) is 16.4 Å². The Labute approximate surface area is 110 Å². The molecule has 0 fully saturated rings. The van der Waals surface area contributed by atoms with Crippen LogP contribution in [0.5, 0.6) is 0 Å². The lowest BCUT2D eigenvalue weighted by molar-refractivity contribution is 0.619. The van der Waals surface area contributed by atoms with Gasteiger partial charge in [-0.1, -0.05) is 17.7 Å². The molecule has 2 aromatic rings. The predicted molar refractivity (Wildman–Crippen MR) is 71.8 cm³/mol. The number of aryl methyl sites for hydroxylation is 1. The molecule has 2 heterocycles. The first-order valence-corrected chi connectivity index (χ1v) is 5.80. The molecule has 0 saturated heterocycles. The van der Waals surface area contributed by atoms with E-state index in [4.69, 9.17) is 23.2 Å². The second-order valence-corrected chi connectivity index (χ2v) is 4.37. The molecule has 0 amide bonds. The molecule has 0 spiro atoms. The SMILES string of the molecule is Cc1cccc(C(NN)c2cc(Cl)cnc2N)n1. The van der Waals surface area contributed by atoms with Crippen LogP contribution in [0.2, 0.25) is 5.02 Å². The zero-order valence-corrected chi connectivity index (χ0v) is 10.6. The van der Waals surface area contributed by atoms with E-state index in [0.717, 1.165) is 11.4 Å². The first kappa shape index (κ1) is 12.8. The van der Waals surface area contributed by atoms with Gasteiger partial charge in [0.2, 0.25) is 0 Å². The summed E-state index contributed by atoms with van der Waals surface area (Å²) in [5, 5.41) is 0.507. The van der Waals surface area contributed by atoms with E-state index < -0.39 is 0 Å². The van der Waals surface area contributed by atoms with Crippen LogP contribution in [0.25, 0.3) is 0 Å². The average molecular weight is 264 g/mol. The van der Waals surface area contributed by atoms with Crippen LogP contribution in [0, 0.1) is 6.92 Å². The van der Waals surface area contributed by atoms with Gasteiger partial charge < -0.3 is 5.73 Å². The molecule has 0 aliphatic carbocycles. The van der Waals surface area contributed by atoms with Crippen molar-refractivity contribution < 1.29 is 0 Å². The van der Waals surface area contributed by atoms with Gasteiger partial charge in [-0.15, -0.1) is 0 Å². The van der Waals surface area contributed by atoms with Gasteiger partial charge >= 0.3 is 0 Å². The minimum atomic E-state index is -0.337. The largest absolute Gasteiger partial charge is 0.383 e. The smallest absolute Gasteiger partial charge is 0.128 e. The van der Waals surface area contributed by atoms with Crippen LogP contribution in [0.3, 0.4) is 0 Å². The monoisotopic (exact) mass is 263 g/mol. The van der Waals surface area contributed by atoms with Crippen molar-refractivity contribution in [3.05, 3.63) is 52.4 Å². The molecule has 0 aromatic carbocycles. The second kappa shape index (κ2) is 5.30. The lowest BCUT2D eigenvalue weighted by atomic mass is 10.0. The highest BCUT2D eigenvalue weighted by atomic mass is 35.5. The van der Waals surface area contributed by atoms with E-state index in [9.17, 15) is 0 Å². The second-order valence-electron chi connectivity index (χ2n) is 3.93. The summed E-state index contributed by atoms with van der Waals surface area (Å²) >= 11 is 5.93. The van der Waals surface area contributed by atoms with E-state index in [1.807, 2.05) is 25.1 Å². The summed E-state index contributed by atoms with van der Waals surface area (Å²) in [6, 6.07) is 7.10. The first-order chi connectivity index (χ1) is 8.61. The Kier molecular flexibility index (Phi) is 3.76. The van der Waals surface area contributed by atoms with Crippen LogP contribution >= 0.6 is 11.6 Å². The van der Waals surface area contributed by atoms with Crippen molar-refractivity contribution >= 4 is 17.4 Å². The lowest BCUT2D eigenvalue weighted by Gasteiger charge is -2.17. The molecule has 1 unspecified atom stereocenters. The summed E-state index contributed by atoms with van der Waals surface area (Å²) in [7, 11) is 0. The molecule has 5 nitrogen and oxygen atoms in total. The van der Waals surface area contributed by atoms with Crippen LogP contribution in [0.1, 0.15) is 23.0 Å². The van der Waals surface area contributed by atoms with Crippen molar-refractivity contribution in [3.63, 3.8) is 0 Å². The molecule has 6 heteroatoms. The fourth-order valence-electron chi connectivity index (χ4n) is 1.76. The third-order valence-electron chi connectivity index (χ3n) is 2.60. The summed E-state index contributed by atoms with van der Waals surface area (Å²) in [4.78, 5) is 8.44. The number of aromatic nitrogens is 2. The van der Waals surface area contributed by atoms with Crippen molar-refractivity contribution in [2.45, 2.75) is 13.0 Å². The van der Waals surface area contributed by atoms with Gasteiger partial charge in [0.25, 0.3) is 0 Å². The van der Waals surface area contributed by atoms with Gasteiger partial charge in [0.15, 0.2) is 0 Å². The van der Waals surface area contributed by atoms with Gasteiger partial charge in [-0.05, 0) is 25.1 Å². The molecular weight excluding hydrogens is 250 g/mol. The van der Waals surface area contributed by atoms with Crippen molar-refractivity contribution in [1.29, 1.82) is 0 Å². The van der Waals surface area contributed by atoms with Gasteiger partial charge in [-0.3, -0.25) is 10.8 Å². The van der Waals surface area contributed by atoms with Crippen LogP contribution in [0.15, 0.2) is 30.5 Å². The molecule has 18 heavy (non-hydrogen) atoms. The zero-order valence-electron chi connectivity index (χ0n) is 9.89. The van der Waals surface area contributed by atoms with Gasteiger partial charge in [0, 0.05) is 17.5 Å². The Morgan fingerprint density at radius 2 is 2.17 bits per heavy atom. The fraction of sp³-hybridized carbons (Fsp3) is 0.167. The highest BCUT2D eigenvalue weighted by Gasteiger charge is 2.17. The number of hydrogen-bond acceptors (Lipinski definition) is 5. The maximum atomic E-state index is 5.93. The van der Waals surface area contributed by atoms with Crippen LogP contribution in [0.4, 0.5) is 5.82 Å². The Morgan fingerprint density at radius 1 is 1.39 bits per heavy atom. The lowest BCUT2D eigenvalue weighted by Crippen LogP contribution is -2.30. The Balaban J connectivity index is 2.48. The fourth-order valence-corrected chi connectivity index (χ4v) is 1.92. The Bertz CT molecular complexity index is 558. The Hall–Kier alpha value is -1.69. The van der Waals surface area contributed by atoms with Crippen LogP contribution in [-0.2, 0) is 0 Å². The van der Waals surface area contributed by atoms with Gasteiger partial charge in [0.05, 0.1) is 16.8 Å². The number of halogens is 1. The summed E-state index contributed by atoms with van der Waals surface area (Å²) in [5.74, 6) is 5.97. The van der Waals surface area contributed by atoms with Crippen LogP contribution in [-0.4, -0.2) is 9.97 Å². The minimum Gasteiger partial charge on any atom is -0.383 e. The number of hydrazine groups is 1. The predicted octanol–water partition coefficient (Wildman–Crippen LogP) is 1.57. The summed E-state index contributed by atoms with van der Waals surface area (Å²) in [6.45, 7) is 1.91. The standard InChI is InChI=1S/C12H14ClN5/c1-7-3-2-4-10(17-7)11(18-15)9-5-8(13)6-16-12(9)14/h2-6,11,18H,15H2,1H3,(H2,14,16). The average Bonchev–Trinajstić information content (AvgIpc) is 2.35. The van der Waals surface area contributed by atoms with Gasteiger partial charge in [-0.2, -0.15) is 0 Å². The van der Waals surface area contributed by atoms with E-state index in [-0.39, 0.29) is 6.04 Å². The number of rotatable bonds is 3. The summed E-state index contributed by atoms with van der Waals surface area (Å²) in [6.07, 6.45) is 1.50. The summed E-state index contributed by atoms with van der Waals surface area (Å²) < 4.78 is 0. The molecule has 0 saturated carbocycles. The number of hydrogen-bond donors (Lipinski definition) is 3. The molecular formula is C12H14ClN5. The molecule has 0 radical (unpaired) electrons. The molecule has 94 valence electrons. The number of nitrogens with one attached hydrogen (secondary N) is 1. The topological polar surface area (TPSA) is 89.8 Å². The molecule has 2 aromatic heterocycles. The van der Waals surface area contributed by atoms with Crippen molar-refractivity contribution in [2.75, 3.05) is 5.73 Å². The minimum absolute atomic E-state index is 0.337. The number of anilines is 1. The first-order valence-electron chi connectivity index (χ1n) is 5.42. The molecule has 0 aliphatic heterocycles. The maximum absolute atomic E-state index is 5.93. The van der Waals surface area contributed by atoms with E-state index in [2.05, 4.69) is 15.4 Å². The quantitative estimate of drug-likeness (QED) is 0.578. The van der Waals surface area contributed by atoms with Gasteiger partial charge in [0.1, 0.15) is 5.82 Å². The Morgan fingerprint density at radius 3 is 2.83 bits per heavy atom. The number of nitrogen functional groups attached to an aromatic ring is 1. The molecule has 1 atom stereocenters. The van der Waals surface area contributed by atoms with Crippen molar-refractivity contribution in [3.8, 4) is 0 Å². The summed E-state index contributed by atoms with van der Waals surface area (Å²) in [5.41, 5.74) is 10.9. The third kappa shape index (κ3) is 2.59. The normalized spacial score (nSPS) is 12.4. The number of pyridine rings is 2. The molecule has 5 N–H and O–H groups in total. The highest BCUT2D eigenvalue weighted by Crippen LogP contribution is 2.26. The molecule has 0 bridgehead atoms. The number of nitrogens with two attached hydrogens (primary N) is 2. The highest BCUT2D eigenvalue weighted by molar-refractivity contribution is 6.30. The van der Waals surface area contributed by atoms with E-state index >= 15 is 0 Å².